The van der Waals surface area contributed by atoms with Gasteiger partial charge in [0.15, 0.2) is 11.5 Å². The zero-order valence-corrected chi connectivity index (χ0v) is 22.3. The van der Waals surface area contributed by atoms with Crippen LogP contribution < -0.4 is 30.3 Å². The molecule has 0 aromatic heterocycles. The smallest absolute Gasteiger partial charge is 0.395 e. The second kappa shape index (κ2) is 9.81. The monoisotopic (exact) mass is 579 g/mol. The molecule has 1 atom stereocenters. The van der Waals surface area contributed by atoms with Gasteiger partial charge in [0.1, 0.15) is 19.0 Å². The minimum Gasteiger partial charge on any atom is -0.395 e. The molecule has 0 spiro atoms. The molecule has 0 bridgehead atoms. The molecule has 0 saturated carbocycles. The summed E-state index contributed by atoms with van der Waals surface area (Å²) >= 11 is 5.72. The van der Waals surface area contributed by atoms with Gasteiger partial charge in [-0.2, -0.15) is 0 Å². The Hall–Kier alpha value is -3.69. The van der Waals surface area contributed by atoms with Crippen LogP contribution in [0.5, 0.6) is 11.5 Å². The zero-order chi connectivity index (χ0) is 28.1. The van der Waals surface area contributed by atoms with Crippen molar-refractivity contribution in [2.75, 3.05) is 30.1 Å². The largest absolute Gasteiger partial charge is 0.586 e. The molecule has 3 aromatic rings. The van der Waals surface area contributed by atoms with E-state index in [1.807, 2.05) is 0 Å². The average molecular weight is 580 g/mol. The molecule has 0 radical (unpaired) electrons. The Morgan fingerprint density at radius 3 is 2.51 bits per heavy atom. The van der Waals surface area contributed by atoms with Crippen molar-refractivity contribution in [3.05, 3.63) is 65.4 Å². The number of urea groups is 1. The summed E-state index contributed by atoms with van der Waals surface area (Å²) in [7, 11) is -2.80. The molecule has 2 aliphatic heterocycles. The van der Waals surface area contributed by atoms with E-state index in [4.69, 9.17) is 21.1 Å². The van der Waals surface area contributed by atoms with E-state index >= 15 is 0 Å². The molecular weight excluding hydrogens is 558 g/mol. The van der Waals surface area contributed by atoms with Crippen LogP contribution in [0, 0.1) is 5.82 Å². The van der Waals surface area contributed by atoms with Crippen LogP contribution in [0.25, 0.3) is 11.1 Å². The van der Waals surface area contributed by atoms with Crippen LogP contribution in [0.15, 0.2) is 54.6 Å². The lowest BCUT2D eigenvalue weighted by Crippen LogP contribution is -2.43. The third-order valence-corrected chi connectivity index (χ3v) is 8.07. The van der Waals surface area contributed by atoms with Gasteiger partial charge < -0.3 is 29.6 Å². The summed E-state index contributed by atoms with van der Waals surface area (Å²) in [6.45, 7) is 3.22. The van der Waals surface area contributed by atoms with E-state index in [0.29, 0.717) is 10.9 Å². The Bertz CT molecular complexity index is 1550. The summed E-state index contributed by atoms with van der Waals surface area (Å²) in [5, 5.41) is 5.41. The molecule has 1 fully saturated rings. The molecule has 2 heterocycles. The summed E-state index contributed by atoms with van der Waals surface area (Å²) in [5.41, 5.74) is 0.562. The number of halogens is 4. The van der Waals surface area contributed by atoms with E-state index in [1.54, 1.807) is 37.6 Å². The van der Waals surface area contributed by atoms with Crippen LogP contribution in [0.2, 0.25) is 5.02 Å². The Balaban J connectivity index is 1.42. The van der Waals surface area contributed by atoms with E-state index in [0.717, 1.165) is 6.07 Å². The molecule has 0 aliphatic carbocycles. The molecule has 5 rings (SSSR count). The number of fused-ring (bicyclic) bond motifs is 1. The maximum Gasteiger partial charge on any atom is 0.586 e. The van der Waals surface area contributed by atoms with Gasteiger partial charge in [-0.3, -0.25) is 4.79 Å². The normalized spacial score (nSPS) is 17.8. The first kappa shape index (κ1) is 26.9. The molecule has 204 valence electrons. The van der Waals surface area contributed by atoms with Crippen molar-refractivity contribution < 1.29 is 36.8 Å². The van der Waals surface area contributed by atoms with E-state index in [1.165, 1.54) is 29.2 Å². The van der Waals surface area contributed by atoms with Crippen molar-refractivity contribution in [1.29, 1.82) is 0 Å². The molecule has 3 amide bonds. The van der Waals surface area contributed by atoms with Gasteiger partial charge in [0.25, 0.3) is 0 Å². The van der Waals surface area contributed by atoms with Crippen LogP contribution in [-0.4, -0.2) is 44.1 Å². The zero-order valence-electron chi connectivity index (χ0n) is 20.6. The maximum absolute atomic E-state index is 14.3. The van der Waals surface area contributed by atoms with Gasteiger partial charge in [0.05, 0.1) is 11.4 Å². The molecule has 2 N–H and O–H groups in total. The van der Waals surface area contributed by atoms with Crippen molar-refractivity contribution in [3.63, 3.8) is 0 Å². The highest BCUT2D eigenvalue weighted by Gasteiger charge is 2.48. The second-order valence-corrected chi connectivity index (χ2v) is 13.0. The molecule has 13 heteroatoms. The van der Waals surface area contributed by atoms with Crippen LogP contribution in [0.3, 0.4) is 0 Å². The fourth-order valence-corrected chi connectivity index (χ4v) is 5.95. The van der Waals surface area contributed by atoms with E-state index in [-0.39, 0.29) is 46.4 Å². The SMILES string of the molecule is CP(C)(=O)c1ccccc1-c1ccc(N2CC[C@@H](NC(=O)Nc3ccc(Cl)cc3F)C2=O)c2c1OC(F)(F)O2. The quantitative estimate of drug-likeness (QED) is 0.381. The van der Waals surface area contributed by atoms with Gasteiger partial charge in [0, 0.05) is 22.4 Å². The number of carbonyl (C=O) groups excluding carboxylic acids is 2. The number of alkyl halides is 2. The van der Waals surface area contributed by atoms with E-state index in [9.17, 15) is 27.3 Å². The maximum atomic E-state index is 14.3. The fourth-order valence-electron chi connectivity index (χ4n) is 4.57. The van der Waals surface area contributed by atoms with Crippen LogP contribution >= 0.6 is 18.7 Å². The van der Waals surface area contributed by atoms with E-state index < -0.39 is 37.2 Å². The molecule has 3 aromatic carbocycles. The number of hydrogen-bond acceptors (Lipinski definition) is 5. The first-order valence-corrected chi connectivity index (χ1v) is 14.7. The highest BCUT2D eigenvalue weighted by Crippen LogP contribution is 2.53. The van der Waals surface area contributed by atoms with Crippen molar-refractivity contribution in [2.24, 2.45) is 0 Å². The summed E-state index contributed by atoms with van der Waals surface area (Å²) in [4.78, 5) is 26.8. The number of ether oxygens (including phenoxy) is 2. The summed E-state index contributed by atoms with van der Waals surface area (Å²) < 4.78 is 65.3. The summed E-state index contributed by atoms with van der Waals surface area (Å²) in [6, 6.07) is 11.5. The topological polar surface area (TPSA) is 97.0 Å². The Morgan fingerprint density at radius 1 is 1.08 bits per heavy atom. The van der Waals surface area contributed by atoms with Gasteiger partial charge in [-0.15, -0.1) is 8.78 Å². The molecule has 2 aliphatic rings. The number of anilines is 2. The predicted octanol–water partition coefficient (Wildman–Crippen LogP) is 5.64. The number of nitrogens with one attached hydrogen (secondary N) is 2. The van der Waals surface area contributed by atoms with Crippen molar-refractivity contribution >= 4 is 47.4 Å². The van der Waals surface area contributed by atoms with Crippen molar-refractivity contribution in [1.82, 2.24) is 5.32 Å². The van der Waals surface area contributed by atoms with Crippen LogP contribution in [0.4, 0.5) is 29.3 Å². The number of rotatable bonds is 5. The number of hydrogen-bond donors (Lipinski definition) is 2. The summed E-state index contributed by atoms with van der Waals surface area (Å²) in [6.07, 6.45) is -3.84. The number of carbonyl (C=O) groups is 2. The molecule has 0 unspecified atom stereocenters. The Kier molecular flexibility index (Phi) is 6.76. The molecule has 8 nitrogen and oxygen atoms in total. The first-order chi connectivity index (χ1) is 18.3. The number of amides is 3. The lowest BCUT2D eigenvalue weighted by molar-refractivity contribution is -0.286. The van der Waals surface area contributed by atoms with E-state index in [2.05, 4.69) is 10.6 Å². The molecule has 1 saturated heterocycles. The first-order valence-electron chi connectivity index (χ1n) is 11.8. The molecular formula is C26H22ClF3N3O5P. The van der Waals surface area contributed by atoms with Crippen molar-refractivity contribution in [3.8, 4) is 22.6 Å². The Morgan fingerprint density at radius 2 is 1.79 bits per heavy atom. The number of benzene rings is 3. The van der Waals surface area contributed by atoms with Crippen molar-refractivity contribution in [2.45, 2.75) is 18.8 Å². The molecule has 39 heavy (non-hydrogen) atoms. The van der Waals surface area contributed by atoms with Gasteiger partial charge >= 0.3 is 12.3 Å². The Labute approximate surface area is 226 Å². The summed E-state index contributed by atoms with van der Waals surface area (Å²) in [5.74, 6) is -1.98. The highest BCUT2D eigenvalue weighted by atomic mass is 35.5. The van der Waals surface area contributed by atoms with Gasteiger partial charge in [-0.1, -0.05) is 35.9 Å². The average Bonchev–Trinajstić information content (AvgIpc) is 3.37. The minimum atomic E-state index is -3.99. The third kappa shape index (κ3) is 5.29. The predicted molar refractivity (Wildman–Crippen MR) is 141 cm³/mol. The van der Waals surface area contributed by atoms with Gasteiger partial charge in [0.2, 0.25) is 5.91 Å². The van der Waals surface area contributed by atoms with Gasteiger partial charge in [-0.25, -0.2) is 9.18 Å². The standard InChI is InChI=1S/C26H22ClF3N3O5P/c1-39(2,36)21-6-4-3-5-15(21)16-8-10-20(23-22(16)37-26(29,30)38-23)33-12-11-19(24(33)34)32-25(35)31-18-9-7-14(27)13-17(18)28/h3-10,13,19H,11-12H2,1-2H3,(H2,31,32,35)/t19-/m1/s1. The number of nitrogens with zero attached hydrogens (tertiary/aromatic N) is 1. The second-order valence-electron chi connectivity index (χ2n) is 9.38. The minimum absolute atomic E-state index is 0.0260. The lowest BCUT2D eigenvalue weighted by atomic mass is 10.0. The highest BCUT2D eigenvalue weighted by molar-refractivity contribution is 7.70. The van der Waals surface area contributed by atoms with Crippen LogP contribution in [-0.2, 0) is 9.36 Å². The third-order valence-electron chi connectivity index (χ3n) is 6.29. The fraction of sp³-hybridized carbons (Fsp3) is 0.231. The lowest BCUT2D eigenvalue weighted by Gasteiger charge is -2.20. The van der Waals surface area contributed by atoms with Crippen LogP contribution in [0.1, 0.15) is 6.42 Å². The van der Waals surface area contributed by atoms with Gasteiger partial charge in [-0.05, 0) is 55.6 Å².